The summed E-state index contributed by atoms with van der Waals surface area (Å²) in [7, 11) is 0. The molecular weight excluding hydrogens is 322 g/mol. The Hall–Kier alpha value is -3.92. The lowest BCUT2D eigenvalue weighted by atomic mass is 10.1. The van der Waals surface area contributed by atoms with Crippen molar-refractivity contribution in [2.24, 2.45) is 0 Å². The van der Waals surface area contributed by atoms with Crippen LogP contribution in [-0.2, 0) is 0 Å². The van der Waals surface area contributed by atoms with E-state index >= 15 is 0 Å². The highest BCUT2D eigenvalue weighted by Gasteiger charge is 2.16. The highest BCUT2D eigenvalue weighted by atomic mass is 16.5. The van der Waals surface area contributed by atoms with Crippen LogP contribution in [0.1, 0.15) is 32.0 Å². The summed E-state index contributed by atoms with van der Waals surface area (Å²) >= 11 is 0. The smallest absolute Gasteiger partial charge is 0.362 e. The van der Waals surface area contributed by atoms with Gasteiger partial charge in [0, 0.05) is 16.7 Å². The zero-order valence-corrected chi connectivity index (χ0v) is 12.8. The van der Waals surface area contributed by atoms with E-state index in [9.17, 15) is 9.59 Å². The molecule has 1 heterocycles. The number of carbonyl (C=O) groups is 2. The lowest BCUT2D eigenvalue weighted by Crippen LogP contribution is -1.99. The standard InChI is InChI=1S/C18H11N3O4/c22-11-14-5-3-12(4-6-14)1-2-13-7-9-15(10-8-13)25-17-16(18(23)24)19-21-20-17/h3-11H,(H,23,24)(H,19,20,21). The van der Waals surface area contributed by atoms with Crippen LogP contribution in [0, 0.1) is 11.8 Å². The van der Waals surface area contributed by atoms with Crippen LogP contribution in [0.15, 0.2) is 48.5 Å². The molecule has 0 bridgehead atoms. The molecule has 7 heteroatoms. The molecule has 0 radical (unpaired) electrons. The van der Waals surface area contributed by atoms with E-state index in [4.69, 9.17) is 9.84 Å². The Kier molecular flexibility index (Phi) is 4.53. The number of carboxylic acid groups (broad SMARTS) is 1. The van der Waals surface area contributed by atoms with Crippen molar-refractivity contribution in [3.63, 3.8) is 0 Å². The van der Waals surface area contributed by atoms with Gasteiger partial charge in [-0.1, -0.05) is 29.2 Å². The molecule has 7 nitrogen and oxygen atoms in total. The van der Waals surface area contributed by atoms with Crippen LogP contribution in [0.4, 0.5) is 0 Å². The maximum absolute atomic E-state index is 10.9. The molecule has 0 aliphatic carbocycles. The van der Waals surface area contributed by atoms with Crippen molar-refractivity contribution < 1.29 is 19.4 Å². The van der Waals surface area contributed by atoms with Crippen molar-refractivity contribution >= 4 is 12.3 Å². The molecule has 1 aromatic heterocycles. The summed E-state index contributed by atoms with van der Waals surface area (Å²) < 4.78 is 5.41. The summed E-state index contributed by atoms with van der Waals surface area (Å²) in [5.41, 5.74) is 1.86. The topological polar surface area (TPSA) is 105 Å². The number of aromatic amines is 1. The van der Waals surface area contributed by atoms with Gasteiger partial charge in [0.05, 0.1) is 0 Å². The van der Waals surface area contributed by atoms with Crippen LogP contribution in [0.25, 0.3) is 0 Å². The molecule has 0 saturated carbocycles. The number of aromatic carboxylic acids is 1. The Labute approximate surface area is 142 Å². The maximum atomic E-state index is 10.9. The van der Waals surface area contributed by atoms with Gasteiger partial charge in [-0.2, -0.15) is 0 Å². The summed E-state index contributed by atoms with van der Waals surface area (Å²) in [5.74, 6) is 5.14. The first-order valence-electron chi connectivity index (χ1n) is 7.15. The normalized spacial score (nSPS) is 9.76. The van der Waals surface area contributed by atoms with Gasteiger partial charge in [0.2, 0.25) is 5.69 Å². The van der Waals surface area contributed by atoms with Crippen LogP contribution in [0.2, 0.25) is 0 Å². The second kappa shape index (κ2) is 7.10. The van der Waals surface area contributed by atoms with Crippen LogP contribution >= 0.6 is 0 Å². The Morgan fingerprint density at radius 3 is 2.20 bits per heavy atom. The first kappa shape index (κ1) is 16.0. The van der Waals surface area contributed by atoms with E-state index in [0.29, 0.717) is 11.3 Å². The minimum absolute atomic E-state index is 0.0402. The SMILES string of the molecule is O=Cc1ccc(C#Cc2ccc(Oc3[nH]nnc3C(=O)O)cc2)cc1. The van der Waals surface area contributed by atoms with E-state index in [-0.39, 0.29) is 11.6 Å². The number of aldehydes is 1. The first-order chi connectivity index (χ1) is 12.2. The van der Waals surface area contributed by atoms with Crippen molar-refractivity contribution in [2.75, 3.05) is 0 Å². The highest BCUT2D eigenvalue weighted by Crippen LogP contribution is 2.21. The molecule has 0 aliphatic heterocycles. The molecule has 3 rings (SSSR count). The zero-order chi connectivity index (χ0) is 17.6. The van der Waals surface area contributed by atoms with Gasteiger partial charge < -0.3 is 9.84 Å². The number of ether oxygens (including phenoxy) is 1. The number of nitrogens with zero attached hydrogens (tertiary/aromatic N) is 2. The number of nitrogens with one attached hydrogen (secondary N) is 1. The van der Waals surface area contributed by atoms with Gasteiger partial charge in [-0.05, 0) is 36.4 Å². The van der Waals surface area contributed by atoms with E-state index in [1.807, 2.05) is 0 Å². The number of H-pyrrole nitrogens is 1. The first-order valence-corrected chi connectivity index (χ1v) is 7.15. The minimum atomic E-state index is -1.23. The fourth-order valence-electron chi connectivity index (χ4n) is 1.94. The van der Waals surface area contributed by atoms with E-state index in [1.165, 1.54) is 0 Å². The Morgan fingerprint density at radius 1 is 1.04 bits per heavy atom. The number of benzene rings is 2. The summed E-state index contributed by atoms with van der Waals surface area (Å²) in [6, 6.07) is 13.7. The van der Waals surface area contributed by atoms with E-state index in [0.717, 1.165) is 17.4 Å². The number of carboxylic acids is 1. The zero-order valence-electron chi connectivity index (χ0n) is 12.8. The van der Waals surface area contributed by atoms with Gasteiger partial charge in [-0.3, -0.25) is 4.79 Å². The van der Waals surface area contributed by atoms with Crippen molar-refractivity contribution in [1.82, 2.24) is 15.4 Å². The third-order valence-corrected chi connectivity index (χ3v) is 3.19. The number of aromatic nitrogens is 3. The molecule has 0 atom stereocenters. The van der Waals surface area contributed by atoms with Gasteiger partial charge in [0.1, 0.15) is 12.0 Å². The van der Waals surface area contributed by atoms with Crippen molar-refractivity contribution in [3.05, 3.63) is 70.9 Å². The second-order valence-electron chi connectivity index (χ2n) is 4.91. The lowest BCUT2D eigenvalue weighted by molar-refractivity contribution is 0.0687. The van der Waals surface area contributed by atoms with Crippen LogP contribution < -0.4 is 4.74 Å². The molecule has 25 heavy (non-hydrogen) atoms. The Morgan fingerprint density at radius 2 is 1.64 bits per heavy atom. The summed E-state index contributed by atoms with van der Waals surface area (Å²) in [6.07, 6.45) is 0.779. The summed E-state index contributed by atoms with van der Waals surface area (Å²) in [5, 5.41) is 18.2. The minimum Gasteiger partial charge on any atom is -0.476 e. The molecule has 0 fully saturated rings. The largest absolute Gasteiger partial charge is 0.476 e. The van der Waals surface area contributed by atoms with E-state index in [2.05, 4.69) is 27.3 Å². The molecule has 0 spiro atoms. The third-order valence-electron chi connectivity index (χ3n) is 3.19. The molecule has 122 valence electrons. The van der Waals surface area contributed by atoms with Gasteiger partial charge in [-0.25, -0.2) is 9.89 Å². The fraction of sp³-hybridized carbons (Fsp3) is 0. The quantitative estimate of drug-likeness (QED) is 0.561. The van der Waals surface area contributed by atoms with Crippen molar-refractivity contribution in [2.45, 2.75) is 0 Å². The van der Waals surface area contributed by atoms with Gasteiger partial charge >= 0.3 is 5.97 Å². The maximum Gasteiger partial charge on any atom is 0.362 e. The second-order valence-corrected chi connectivity index (χ2v) is 4.91. The van der Waals surface area contributed by atoms with Crippen LogP contribution in [-0.4, -0.2) is 32.8 Å². The third kappa shape index (κ3) is 3.89. The Balaban J connectivity index is 1.72. The predicted molar refractivity (Wildman–Crippen MR) is 87.7 cm³/mol. The molecule has 0 amide bonds. The molecule has 0 unspecified atom stereocenters. The number of rotatable bonds is 4. The van der Waals surface area contributed by atoms with Crippen LogP contribution in [0.5, 0.6) is 11.6 Å². The van der Waals surface area contributed by atoms with Gasteiger partial charge in [0.25, 0.3) is 5.88 Å². The molecule has 0 saturated heterocycles. The Bertz CT molecular complexity index is 964. The summed E-state index contributed by atoms with van der Waals surface area (Å²) in [4.78, 5) is 21.6. The monoisotopic (exact) mass is 333 g/mol. The highest BCUT2D eigenvalue weighted by molar-refractivity contribution is 5.87. The molecule has 2 N–H and O–H groups in total. The van der Waals surface area contributed by atoms with Crippen molar-refractivity contribution in [1.29, 1.82) is 0 Å². The predicted octanol–water partition coefficient (Wildman–Crippen LogP) is 2.51. The molecular formula is C18H11N3O4. The van der Waals surface area contributed by atoms with E-state index < -0.39 is 5.97 Å². The fourth-order valence-corrected chi connectivity index (χ4v) is 1.94. The lowest BCUT2D eigenvalue weighted by Gasteiger charge is -2.02. The number of carbonyl (C=O) groups excluding carboxylic acids is 1. The van der Waals surface area contributed by atoms with Gasteiger partial charge in [0.15, 0.2) is 0 Å². The number of hydrogen-bond acceptors (Lipinski definition) is 5. The molecule has 3 aromatic rings. The average Bonchev–Trinajstić information content (AvgIpc) is 3.10. The van der Waals surface area contributed by atoms with Gasteiger partial charge in [-0.15, -0.1) is 5.10 Å². The number of hydrogen-bond donors (Lipinski definition) is 2. The summed E-state index contributed by atoms with van der Waals surface area (Å²) in [6.45, 7) is 0. The average molecular weight is 333 g/mol. The van der Waals surface area contributed by atoms with Crippen molar-refractivity contribution in [3.8, 4) is 23.5 Å². The van der Waals surface area contributed by atoms with Crippen LogP contribution in [0.3, 0.4) is 0 Å². The molecule has 2 aromatic carbocycles. The molecule has 0 aliphatic rings. The van der Waals surface area contributed by atoms with E-state index in [1.54, 1.807) is 48.5 Å².